The number of para-hydroxylation sites is 1. The third kappa shape index (κ3) is 3.07. The van der Waals surface area contributed by atoms with Gasteiger partial charge in [-0.3, -0.25) is 9.59 Å². The number of aliphatic hydroxyl groups excluding tert-OH is 1. The summed E-state index contributed by atoms with van der Waals surface area (Å²) in [5, 5.41) is 11.0. The molecule has 0 radical (unpaired) electrons. The molecule has 4 rings (SSSR count). The second-order valence-corrected chi connectivity index (χ2v) is 7.02. The van der Waals surface area contributed by atoms with Crippen LogP contribution >= 0.6 is 0 Å². The first-order valence-corrected chi connectivity index (χ1v) is 9.28. The maximum Gasteiger partial charge on any atom is 0.340 e. The molecule has 3 aromatic carbocycles. The second-order valence-electron chi connectivity index (χ2n) is 7.02. The fourth-order valence-electron chi connectivity index (χ4n) is 3.42. The van der Waals surface area contributed by atoms with Gasteiger partial charge < -0.3 is 9.84 Å². The van der Waals surface area contributed by atoms with Crippen LogP contribution in [-0.4, -0.2) is 35.1 Å². The van der Waals surface area contributed by atoms with Gasteiger partial charge in [0, 0.05) is 16.5 Å². The highest BCUT2D eigenvalue weighted by Crippen LogP contribution is 2.34. The van der Waals surface area contributed by atoms with Gasteiger partial charge in [-0.2, -0.15) is 0 Å². The van der Waals surface area contributed by atoms with Crippen molar-refractivity contribution in [2.75, 3.05) is 4.90 Å². The summed E-state index contributed by atoms with van der Waals surface area (Å²) in [4.78, 5) is 40.2. The van der Waals surface area contributed by atoms with Gasteiger partial charge in [-0.15, -0.1) is 0 Å². The molecule has 1 N–H and O–H groups in total. The van der Waals surface area contributed by atoms with Gasteiger partial charge in [0.1, 0.15) is 6.10 Å². The van der Waals surface area contributed by atoms with Crippen molar-refractivity contribution >= 4 is 34.2 Å². The highest BCUT2D eigenvalue weighted by molar-refractivity contribution is 6.36. The maximum atomic E-state index is 13.2. The molecule has 29 heavy (non-hydrogen) atoms. The fourth-order valence-corrected chi connectivity index (χ4v) is 3.42. The van der Waals surface area contributed by atoms with E-state index in [9.17, 15) is 19.5 Å². The minimum atomic E-state index is -0.853. The Morgan fingerprint density at radius 1 is 0.897 bits per heavy atom. The van der Waals surface area contributed by atoms with Crippen LogP contribution in [0.2, 0.25) is 0 Å². The third-order valence-electron chi connectivity index (χ3n) is 5.11. The molecule has 0 aliphatic carbocycles. The summed E-state index contributed by atoms with van der Waals surface area (Å²) in [6.45, 7) is 3.08. The van der Waals surface area contributed by atoms with Crippen LogP contribution < -0.4 is 4.90 Å². The number of rotatable bonds is 4. The van der Waals surface area contributed by atoms with Gasteiger partial charge in [0.15, 0.2) is 0 Å². The van der Waals surface area contributed by atoms with E-state index in [1.54, 1.807) is 43.3 Å². The molecule has 0 spiro atoms. The molecule has 146 valence electrons. The molecule has 1 aliphatic heterocycles. The van der Waals surface area contributed by atoms with Crippen LogP contribution in [0.1, 0.15) is 44.9 Å². The quantitative estimate of drug-likeness (QED) is 0.545. The smallest absolute Gasteiger partial charge is 0.340 e. The van der Waals surface area contributed by atoms with E-state index in [0.717, 1.165) is 10.3 Å². The van der Waals surface area contributed by atoms with E-state index in [0.29, 0.717) is 16.5 Å². The van der Waals surface area contributed by atoms with Crippen LogP contribution in [0, 0.1) is 0 Å². The minimum absolute atomic E-state index is 0.0771. The number of esters is 1. The number of carbonyl (C=O) groups excluding carboxylic acids is 3. The summed E-state index contributed by atoms with van der Waals surface area (Å²) >= 11 is 0. The fraction of sp³-hybridized carbons (Fsp3) is 0.174. The molecule has 6 nitrogen and oxygen atoms in total. The second kappa shape index (κ2) is 7.14. The van der Waals surface area contributed by atoms with Crippen molar-refractivity contribution in [3.8, 4) is 0 Å². The number of hydrogen-bond acceptors (Lipinski definition) is 5. The Balaban J connectivity index is 1.82. The number of nitrogens with zero attached hydrogens (tertiary/aromatic N) is 1. The standard InChI is InChI=1S/C23H19NO5/c1-13(25)14(2)29-23(28)16-9-3-4-12-19(16)24-21(26)17-10-5-7-15-8-6-11-18(20(15)17)22(24)27/h3-14,25H,1-2H3/t13-,14-/m0/s1. The predicted molar refractivity (Wildman–Crippen MR) is 108 cm³/mol. The molecular formula is C23H19NO5. The number of aliphatic hydroxyl groups is 1. The third-order valence-corrected chi connectivity index (χ3v) is 5.11. The molecule has 1 heterocycles. The number of carbonyl (C=O) groups is 3. The van der Waals surface area contributed by atoms with Crippen LogP contribution in [0.15, 0.2) is 60.7 Å². The number of hydrogen-bond donors (Lipinski definition) is 1. The molecule has 3 aromatic rings. The zero-order chi connectivity index (χ0) is 20.7. The van der Waals surface area contributed by atoms with Crippen molar-refractivity contribution in [2.45, 2.75) is 26.1 Å². The largest absolute Gasteiger partial charge is 0.456 e. The Kier molecular flexibility index (Phi) is 4.64. The first kappa shape index (κ1) is 18.8. The van der Waals surface area contributed by atoms with Crippen LogP contribution in [0.3, 0.4) is 0 Å². The van der Waals surface area contributed by atoms with Crippen molar-refractivity contribution in [1.82, 2.24) is 0 Å². The molecule has 0 fully saturated rings. The summed E-state index contributed by atoms with van der Waals surface area (Å²) in [6, 6.07) is 16.9. The monoisotopic (exact) mass is 389 g/mol. The predicted octanol–water partition coefficient (Wildman–Crippen LogP) is 3.57. The summed E-state index contributed by atoms with van der Waals surface area (Å²) in [7, 11) is 0. The zero-order valence-electron chi connectivity index (χ0n) is 16.0. The van der Waals surface area contributed by atoms with Gasteiger partial charge in [0.25, 0.3) is 11.8 Å². The molecule has 0 saturated carbocycles. The summed E-state index contributed by atoms with van der Waals surface area (Å²) in [5.74, 6) is -1.71. The van der Waals surface area contributed by atoms with Crippen molar-refractivity contribution < 1.29 is 24.2 Å². The van der Waals surface area contributed by atoms with E-state index >= 15 is 0 Å². The van der Waals surface area contributed by atoms with Crippen LogP contribution in [-0.2, 0) is 4.74 Å². The number of ether oxygens (including phenoxy) is 1. The lowest BCUT2D eigenvalue weighted by atomic mass is 9.93. The average molecular weight is 389 g/mol. The minimum Gasteiger partial charge on any atom is -0.456 e. The Morgan fingerprint density at radius 2 is 1.48 bits per heavy atom. The molecule has 6 heteroatoms. The molecule has 2 amide bonds. The molecule has 2 atom stereocenters. The summed E-state index contributed by atoms with van der Waals surface area (Å²) in [6.07, 6.45) is -1.59. The summed E-state index contributed by atoms with van der Waals surface area (Å²) in [5.41, 5.74) is 1.03. The Labute approximate surface area is 167 Å². The molecule has 0 bridgehead atoms. The maximum absolute atomic E-state index is 13.2. The number of imide groups is 1. The lowest BCUT2D eigenvalue weighted by molar-refractivity contribution is -0.00461. The SMILES string of the molecule is C[C@H](O)[C@H](C)OC(=O)c1ccccc1N1C(=O)c2cccc3cccc(c23)C1=O. The number of amides is 2. The number of benzene rings is 3. The summed E-state index contributed by atoms with van der Waals surface area (Å²) < 4.78 is 5.29. The molecular weight excluding hydrogens is 370 g/mol. The van der Waals surface area contributed by atoms with E-state index in [2.05, 4.69) is 0 Å². The average Bonchev–Trinajstić information content (AvgIpc) is 2.72. The molecule has 0 aromatic heterocycles. The lowest BCUT2D eigenvalue weighted by Crippen LogP contribution is -2.41. The van der Waals surface area contributed by atoms with E-state index in [4.69, 9.17) is 4.74 Å². The van der Waals surface area contributed by atoms with E-state index in [-0.39, 0.29) is 11.3 Å². The van der Waals surface area contributed by atoms with E-state index < -0.39 is 30.0 Å². The molecule has 0 saturated heterocycles. The van der Waals surface area contributed by atoms with Gasteiger partial charge in [-0.25, -0.2) is 9.69 Å². The molecule has 0 unspecified atom stereocenters. The highest BCUT2D eigenvalue weighted by Gasteiger charge is 2.36. The van der Waals surface area contributed by atoms with E-state index in [1.165, 1.54) is 19.1 Å². The topological polar surface area (TPSA) is 83.9 Å². The zero-order valence-corrected chi connectivity index (χ0v) is 16.0. The normalized spacial score (nSPS) is 15.3. The Bertz CT molecular complexity index is 1100. The van der Waals surface area contributed by atoms with Gasteiger partial charge >= 0.3 is 5.97 Å². The van der Waals surface area contributed by atoms with Gasteiger partial charge in [-0.1, -0.05) is 36.4 Å². The van der Waals surface area contributed by atoms with Crippen molar-refractivity contribution in [3.63, 3.8) is 0 Å². The number of anilines is 1. The Hall–Kier alpha value is -3.51. The van der Waals surface area contributed by atoms with Gasteiger partial charge in [-0.05, 0) is 43.5 Å². The first-order valence-electron chi connectivity index (χ1n) is 9.28. The first-order chi connectivity index (χ1) is 13.9. The van der Waals surface area contributed by atoms with Crippen LogP contribution in [0.25, 0.3) is 10.8 Å². The molecule has 1 aliphatic rings. The lowest BCUT2D eigenvalue weighted by Gasteiger charge is -2.28. The van der Waals surface area contributed by atoms with Crippen LogP contribution in [0.4, 0.5) is 5.69 Å². The van der Waals surface area contributed by atoms with Crippen LogP contribution in [0.5, 0.6) is 0 Å². The van der Waals surface area contributed by atoms with Crippen molar-refractivity contribution in [2.24, 2.45) is 0 Å². The van der Waals surface area contributed by atoms with E-state index in [1.807, 2.05) is 12.1 Å². The van der Waals surface area contributed by atoms with Gasteiger partial charge in [0.05, 0.1) is 17.4 Å². The van der Waals surface area contributed by atoms with Crippen molar-refractivity contribution in [3.05, 3.63) is 77.4 Å². The van der Waals surface area contributed by atoms with Gasteiger partial charge in [0.2, 0.25) is 0 Å². The van der Waals surface area contributed by atoms with Crippen molar-refractivity contribution in [1.29, 1.82) is 0 Å². The highest BCUT2D eigenvalue weighted by atomic mass is 16.6. The Morgan fingerprint density at radius 3 is 2.07 bits per heavy atom.